The first-order valence-corrected chi connectivity index (χ1v) is 13.0. The van der Waals surface area contributed by atoms with Gasteiger partial charge in [-0.2, -0.15) is 0 Å². The molecule has 0 aromatic rings. The highest BCUT2D eigenvalue weighted by Gasteiger charge is 2.75. The monoisotopic (exact) mass is 489 g/mol. The van der Waals surface area contributed by atoms with E-state index in [2.05, 4.69) is 20.1 Å². The summed E-state index contributed by atoms with van der Waals surface area (Å²) in [5.41, 5.74) is -1.07. The molecule has 35 heavy (non-hydrogen) atoms. The van der Waals surface area contributed by atoms with Gasteiger partial charge in [-0.1, -0.05) is 39.3 Å². The van der Waals surface area contributed by atoms with Gasteiger partial charge in [0.25, 0.3) is 0 Å². The van der Waals surface area contributed by atoms with Crippen LogP contribution in [-0.2, 0) is 19.1 Å². The summed E-state index contributed by atoms with van der Waals surface area (Å²) in [6.45, 7) is 16.0. The number of hydrogen-bond donors (Lipinski definition) is 1. The van der Waals surface area contributed by atoms with Gasteiger partial charge in [-0.15, -0.1) is 13.2 Å². The second-order valence-electron chi connectivity index (χ2n) is 10.7. The average molecular weight is 490 g/mol. The Morgan fingerprint density at radius 1 is 1.23 bits per heavy atom. The van der Waals surface area contributed by atoms with E-state index in [4.69, 9.17) is 4.74 Å². The van der Waals surface area contributed by atoms with Gasteiger partial charge >= 0.3 is 0 Å². The van der Waals surface area contributed by atoms with E-state index < -0.39 is 35.6 Å². The molecule has 8 heteroatoms. The van der Waals surface area contributed by atoms with Gasteiger partial charge in [0.2, 0.25) is 17.7 Å². The number of fused-ring (bicyclic) bond motifs is 1. The Labute approximate surface area is 210 Å². The predicted octanol–water partition coefficient (Wildman–Crippen LogP) is 2.23. The maximum Gasteiger partial charge on any atom is 0.248 e. The number of likely N-dealkylation sites (tertiary alicyclic amines) is 1. The minimum atomic E-state index is -1.07. The van der Waals surface area contributed by atoms with Crippen LogP contribution in [0, 0.1) is 17.8 Å². The molecule has 3 heterocycles. The summed E-state index contributed by atoms with van der Waals surface area (Å²) in [6, 6.07) is -1.47. The van der Waals surface area contributed by atoms with Crippen LogP contribution in [0.2, 0.25) is 0 Å². The molecule has 7 atom stereocenters. The summed E-state index contributed by atoms with van der Waals surface area (Å²) in [5, 5.41) is 10.3. The number of carbonyl (C=O) groups is 3. The molecule has 0 saturated carbocycles. The number of aliphatic hydroxyl groups excluding tert-OH is 1. The van der Waals surface area contributed by atoms with Crippen molar-refractivity contribution in [3.8, 4) is 0 Å². The van der Waals surface area contributed by atoms with Crippen molar-refractivity contribution in [2.45, 2.75) is 83.2 Å². The van der Waals surface area contributed by atoms with Crippen molar-refractivity contribution in [3.63, 3.8) is 0 Å². The van der Waals surface area contributed by atoms with Crippen molar-refractivity contribution in [2.75, 3.05) is 26.7 Å². The van der Waals surface area contributed by atoms with Crippen molar-refractivity contribution < 1.29 is 24.2 Å². The van der Waals surface area contributed by atoms with Gasteiger partial charge in [0.05, 0.1) is 30.6 Å². The van der Waals surface area contributed by atoms with Crippen molar-refractivity contribution >= 4 is 17.7 Å². The Hall–Kier alpha value is -2.19. The van der Waals surface area contributed by atoms with Crippen molar-refractivity contribution in [3.05, 3.63) is 25.3 Å². The molecule has 1 N–H and O–H groups in total. The van der Waals surface area contributed by atoms with E-state index in [1.54, 1.807) is 33.9 Å². The molecule has 8 nitrogen and oxygen atoms in total. The van der Waals surface area contributed by atoms with E-state index in [9.17, 15) is 19.5 Å². The van der Waals surface area contributed by atoms with Gasteiger partial charge < -0.3 is 24.5 Å². The first-order valence-electron chi connectivity index (χ1n) is 13.0. The molecule has 3 amide bonds. The molecule has 3 aliphatic heterocycles. The largest absolute Gasteiger partial charge is 0.394 e. The summed E-state index contributed by atoms with van der Waals surface area (Å²) in [4.78, 5) is 46.8. The third-order valence-electron chi connectivity index (χ3n) is 8.20. The van der Waals surface area contributed by atoms with E-state index in [0.29, 0.717) is 25.9 Å². The number of nitrogens with zero attached hydrogens (tertiary/aromatic N) is 3. The summed E-state index contributed by atoms with van der Waals surface area (Å²) in [7, 11) is 1.70. The molecule has 0 aromatic heterocycles. The number of aliphatic hydroxyl groups is 1. The first kappa shape index (κ1) is 27.4. The highest BCUT2D eigenvalue weighted by atomic mass is 16.5. The summed E-state index contributed by atoms with van der Waals surface area (Å²) in [5.74, 6) is -2.07. The lowest BCUT2D eigenvalue weighted by molar-refractivity contribution is -0.154. The van der Waals surface area contributed by atoms with Crippen LogP contribution in [0.25, 0.3) is 0 Å². The normalized spacial score (nSPS) is 30.8. The molecule has 0 aliphatic carbocycles. The topological polar surface area (TPSA) is 90.4 Å². The number of ether oxygens (including phenoxy) is 1. The zero-order valence-electron chi connectivity index (χ0n) is 22.0. The van der Waals surface area contributed by atoms with Gasteiger partial charge in [0.15, 0.2) is 0 Å². The molecule has 3 unspecified atom stereocenters. The standard InChI is InChI=1S/C27H43N3O5/c1-8-11-18(6)29(15-10-3)26(34)23-27-13-12-20(35-27)21(24(32)28(7)14-9-2)22(27)25(33)30(23)19(16-31)17(4)5/h9-10,17-23,31H,2-3,8,11-16H2,1,4-7H3/t18?,19-,20-,21+,22-,23?,27?/m0/s1. The van der Waals surface area contributed by atoms with Crippen LogP contribution in [0.4, 0.5) is 0 Å². The SMILES string of the molecule is C=CCN(C)C(=O)[C@@H]1[C@@H]2CCC3(O2)C(C(=O)N(CC=C)C(C)CCC)N([C@@H](CO)C(C)C)C(=O)[C@H]13. The third-order valence-corrected chi connectivity index (χ3v) is 8.20. The molecular weight excluding hydrogens is 446 g/mol. The number of amides is 3. The molecule has 3 saturated heterocycles. The van der Waals surface area contributed by atoms with E-state index >= 15 is 0 Å². The Morgan fingerprint density at radius 3 is 2.43 bits per heavy atom. The predicted molar refractivity (Wildman–Crippen MR) is 134 cm³/mol. The van der Waals surface area contributed by atoms with Crippen LogP contribution in [0.5, 0.6) is 0 Å². The lowest BCUT2D eigenvalue weighted by Gasteiger charge is -2.41. The zero-order valence-corrected chi connectivity index (χ0v) is 22.0. The molecule has 3 fully saturated rings. The Morgan fingerprint density at radius 2 is 1.89 bits per heavy atom. The van der Waals surface area contributed by atoms with Gasteiger partial charge in [-0.05, 0) is 32.1 Å². The molecule has 196 valence electrons. The van der Waals surface area contributed by atoms with Crippen LogP contribution in [0.1, 0.15) is 53.4 Å². The van der Waals surface area contributed by atoms with Gasteiger partial charge in [0, 0.05) is 26.2 Å². The zero-order chi connectivity index (χ0) is 26.1. The fourth-order valence-corrected chi connectivity index (χ4v) is 6.52. The quantitative estimate of drug-likeness (QED) is 0.425. The van der Waals surface area contributed by atoms with Crippen molar-refractivity contribution in [2.24, 2.45) is 17.8 Å². The molecule has 3 aliphatic rings. The maximum absolute atomic E-state index is 14.3. The van der Waals surface area contributed by atoms with Crippen LogP contribution in [0.15, 0.2) is 25.3 Å². The van der Waals surface area contributed by atoms with Gasteiger partial charge in [-0.25, -0.2) is 0 Å². The average Bonchev–Trinajstić information content (AvgIpc) is 3.45. The van der Waals surface area contributed by atoms with E-state index in [-0.39, 0.29) is 36.3 Å². The van der Waals surface area contributed by atoms with Crippen LogP contribution >= 0.6 is 0 Å². The number of hydrogen-bond acceptors (Lipinski definition) is 5. The molecule has 1 spiro atoms. The number of likely N-dealkylation sites (N-methyl/N-ethyl adjacent to an activating group) is 1. The highest BCUT2D eigenvalue weighted by molar-refractivity contribution is 5.99. The van der Waals surface area contributed by atoms with Crippen molar-refractivity contribution in [1.29, 1.82) is 0 Å². The summed E-state index contributed by atoms with van der Waals surface area (Å²) in [6.07, 6.45) is 5.86. The number of rotatable bonds is 12. The van der Waals surface area contributed by atoms with Crippen LogP contribution in [-0.4, -0.2) is 94.1 Å². The Bertz CT molecular complexity index is 845. The fraction of sp³-hybridized carbons (Fsp3) is 0.741. The van der Waals surface area contributed by atoms with Crippen LogP contribution < -0.4 is 0 Å². The smallest absolute Gasteiger partial charge is 0.248 e. The minimum Gasteiger partial charge on any atom is -0.394 e. The lowest BCUT2D eigenvalue weighted by Crippen LogP contribution is -2.60. The second-order valence-corrected chi connectivity index (χ2v) is 10.7. The summed E-state index contributed by atoms with van der Waals surface area (Å²) >= 11 is 0. The molecule has 0 radical (unpaired) electrons. The molecule has 2 bridgehead atoms. The fourth-order valence-electron chi connectivity index (χ4n) is 6.52. The molecule has 0 aromatic carbocycles. The second kappa shape index (κ2) is 10.8. The first-order chi connectivity index (χ1) is 16.6. The molecular formula is C27H43N3O5. The Kier molecular flexibility index (Phi) is 8.48. The lowest BCUT2D eigenvalue weighted by atomic mass is 9.70. The minimum absolute atomic E-state index is 0.0423. The summed E-state index contributed by atoms with van der Waals surface area (Å²) < 4.78 is 6.53. The van der Waals surface area contributed by atoms with Gasteiger partial charge in [0.1, 0.15) is 11.6 Å². The Balaban J connectivity index is 2.11. The number of carbonyl (C=O) groups excluding carboxylic acids is 3. The third kappa shape index (κ3) is 4.44. The van der Waals surface area contributed by atoms with Crippen LogP contribution in [0.3, 0.4) is 0 Å². The van der Waals surface area contributed by atoms with E-state index in [1.807, 2.05) is 20.8 Å². The molecule has 3 rings (SSSR count). The van der Waals surface area contributed by atoms with E-state index in [0.717, 1.165) is 12.8 Å². The van der Waals surface area contributed by atoms with Crippen molar-refractivity contribution in [1.82, 2.24) is 14.7 Å². The maximum atomic E-state index is 14.3. The van der Waals surface area contributed by atoms with E-state index in [1.165, 1.54) is 0 Å². The highest BCUT2D eigenvalue weighted by Crippen LogP contribution is 2.59. The van der Waals surface area contributed by atoms with Gasteiger partial charge in [-0.3, -0.25) is 14.4 Å².